The average Bonchev–Trinajstić information content (AvgIpc) is 2.70. The maximum atomic E-state index is 12.3. The van der Waals surface area contributed by atoms with Crippen molar-refractivity contribution in [2.75, 3.05) is 5.32 Å². The summed E-state index contributed by atoms with van der Waals surface area (Å²) in [5, 5.41) is 6.12. The molecule has 3 N–H and O–H groups in total. The van der Waals surface area contributed by atoms with Crippen LogP contribution in [0.25, 0.3) is 0 Å². The first-order valence-electron chi connectivity index (χ1n) is 7.67. The fourth-order valence-corrected chi connectivity index (χ4v) is 3.29. The van der Waals surface area contributed by atoms with Crippen LogP contribution < -0.4 is 10.6 Å². The summed E-state index contributed by atoms with van der Waals surface area (Å²) in [6.45, 7) is 1.95. The summed E-state index contributed by atoms with van der Waals surface area (Å²) in [4.78, 5) is 12.3. The van der Waals surface area contributed by atoms with Gasteiger partial charge in [-0.3, -0.25) is 4.79 Å². The molecule has 1 aliphatic carbocycles. The molecule has 116 valence electrons. The second kappa shape index (κ2) is 8.02. The second-order valence-electron chi connectivity index (χ2n) is 5.85. The van der Waals surface area contributed by atoms with E-state index in [1.807, 2.05) is 6.92 Å². The first kappa shape index (κ1) is 16.6. The highest BCUT2D eigenvalue weighted by Gasteiger charge is 2.23. The van der Waals surface area contributed by atoms with Gasteiger partial charge in [0.25, 0.3) is 5.91 Å². The van der Waals surface area contributed by atoms with Gasteiger partial charge in [0.15, 0.2) is 6.04 Å². The molecule has 21 heavy (non-hydrogen) atoms. The Hall–Kier alpha value is -0.770. The minimum Gasteiger partial charge on any atom is -0.334 e. The zero-order valence-corrected chi connectivity index (χ0v) is 13.9. The molecule has 0 bridgehead atoms. The lowest BCUT2D eigenvalue weighted by atomic mass is 10.1. The summed E-state index contributed by atoms with van der Waals surface area (Å²) >= 11 is 11.9. The number of nitrogens with two attached hydrogens (primary N) is 1. The van der Waals surface area contributed by atoms with Crippen molar-refractivity contribution >= 4 is 34.8 Å². The molecule has 1 aromatic rings. The normalized spacial score (nSPS) is 18.0. The molecule has 3 nitrogen and oxygen atoms in total. The first-order chi connectivity index (χ1) is 10.1. The van der Waals surface area contributed by atoms with Crippen molar-refractivity contribution in [3.05, 3.63) is 28.2 Å². The molecule has 1 aromatic carbocycles. The number of carbonyl (C=O) groups excluding carboxylic acids is 1. The summed E-state index contributed by atoms with van der Waals surface area (Å²) in [5.41, 5.74) is 0.618. The predicted molar refractivity (Wildman–Crippen MR) is 88.0 cm³/mol. The van der Waals surface area contributed by atoms with Gasteiger partial charge >= 0.3 is 0 Å². The van der Waals surface area contributed by atoms with Crippen LogP contribution in [-0.4, -0.2) is 18.0 Å². The lowest BCUT2D eigenvalue weighted by Crippen LogP contribution is -2.96. The van der Waals surface area contributed by atoms with Gasteiger partial charge in [0.2, 0.25) is 0 Å². The van der Waals surface area contributed by atoms with Crippen molar-refractivity contribution in [3.63, 3.8) is 0 Å². The second-order valence-corrected chi connectivity index (χ2v) is 6.69. The number of nitrogens with one attached hydrogen (secondary N) is 1. The van der Waals surface area contributed by atoms with Crippen molar-refractivity contribution in [1.29, 1.82) is 0 Å². The molecule has 0 spiro atoms. The number of anilines is 1. The summed E-state index contributed by atoms with van der Waals surface area (Å²) in [6.07, 6.45) is 7.62. The predicted octanol–water partition coefficient (Wildman–Crippen LogP) is 3.61. The Morgan fingerprint density at radius 3 is 2.52 bits per heavy atom. The number of quaternary nitrogens is 1. The van der Waals surface area contributed by atoms with Crippen LogP contribution in [0.4, 0.5) is 5.69 Å². The molecule has 5 heteroatoms. The number of benzene rings is 1. The third kappa shape index (κ3) is 5.17. The monoisotopic (exact) mass is 329 g/mol. The Bertz CT molecular complexity index is 485. The van der Waals surface area contributed by atoms with E-state index < -0.39 is 0 Å². The van der Waals surface area contributed by atoms with Crippen LogP contribution in [0, 0.1) is 0 Å². The SMILES string of the molecule is C[C@H]([NH2+]C1CCCCCC1)C(=O)Nc1ccc(Cl)cc1Cl. The standard InChI is InChI=1S/C16H22Cl2N2O/c1-11(19-13-6-4-2-3-5-7-13)16(21)20-15-9-8-12(17)10-14(15)18/h8-11,13,19H,2-7H2,1H3,(H,20,21)/p+1/t11-/m0/s1. The van der Waals surface area contributed by atoms with Gasteiger partial charge in [-0.2, -0.15) is 0 Å². The Morgan fingerprint density at radius 1 is 1.24 bits per heavy atom. The van der Waals surface area contributed by atoms with Crippen LogP contribution in [0.2, 0.25) is 10.0 Å². The lowest BCUT2D eigenvalue weighted by molar-refractivity contribution is -0.707. The Morgan fingerprint density at radius 2 is 1.90 bits per heavy atom. The highest BCUT2D eigenvalue weighted by Crippen LogP contribution is 2.25. The molecule has 2 rings (SSSR count). The summed E-state index contributed by atoms with van der Waals surface area (Å²) in [6, 6.07) is 5.55. The van der Waals surface area contributed by atoms with Gasteiger partial charge in [0.1, 0.15) is 0 Å². The fraction of sp³-hybridized carbons (Fsp3) is 0.562. The van der Waals surface area contributed by atoms with Crippen LogP contribution in [-0.2, 0) is 4.79 Å². The Kier molecular flexibility index (Phi) is 6.34. The highest BCUT2D eigenvalue weighted by molar-refractivity contribution is 6.36. The minimum absolute atomic E-state index is 0.0107. The molecule has 1 saturated carbocycles. The summed E-state index contributed by atoms with van der Waals surface area (Å²) in [5.74, 6) is -0.0107. The molecule has 0 saturated heterocycles. The van der Waals surface area contributed by atoms with Crippen molar-refractivity contribution < 1.29 is 10.1 Å². The van der Waals surface area contributed by atoms with Gasteiger partial charge in [-0.05, 0) is 50.8 Å². The maximum absolute atomic E-state index is 12.3. The number of carbonyl (C=O) groups is 1. The maximum Gasteiger partial charge on any atom is 0.282 e. The highest BCUT2D eigenvalue weighted by atomic mass is 35.5. The van der Waals surface area contributed by atoms with E-state index in [1.165, 1.54) is 38.5 Å². The molecular formula is C16H23Cl2N2O+. The number of hydrogen-bond acceptors (Lipinski definition) is 1. The molecule has 0 unspecified atom stereocenters. The van der Waals surface area contributed by atoms with Crippen molar-refractivity contribution in [3.8, 4) is 0 Å². The van der Waals surface area contributed by atoms with E-state index >= 15 is 0 Å². The van der Waals surface area contributed by atoms with E-state index in [1.54, 1.807) is 18.2 Å². The van der Waals surface area contributed by atoms with E-state index in [0.29, 0.717) is 21.8 Å². The Labute approximate surface area is 136 Å². The molecule has 1 amide bonds. The first-order valence-corrected chi connectivity index (χ1v) is 8.43. The molecule has 0 heterocycles. The topological polar surface area (TPSA) is 45.7 Å². The van der Waals surface area contributed by atoms with Crippen LogP contribution in [0.5, 0.6) is 0 Å². The van der Waals surface area contributed by atoms with Gasteiger partial charge in [-0.25, -0.2) is 0 Å². The molecular weight excluding hydrogens is 307 g/mol. The van der Waals surface area contributed by atoms with Crippen LogP contribution in [0.15, 0.2) is 18.2 Å². The summed E-state index contributed by atoms with van der Waals surface area (Å²) < 4.78 is 0. The van der Waals surface area contributed by atoms with E-state index in [-0.39, 0.29) is 11.9 Å². The molecule has 1 fully saturated rings. The van der Waals surface area contributed by atoms with Gasteiger partial charge in [-0.15, -0.1) is 0 Å². The number of rotatable bonds is 4. The van der Waals surface area contributed by atoms with Crippen molar-refractivity contribution in [2.45, 2.75) is 57.5 Å². The number of hydrogen-bond donors (Lipinski definition) is 2. The van der Waals surface area contributed by atoms with Crippen LogP contribution in [0.3, 0.4) is 0 Å². The molecule has 1 atom stereocenters. The van der Waals surface area contributed by atoms with Crippen LogP contribution in [0.1, 0.15) is 45.4 Å². The van der Waals surface area contributed by atoms with Crippen LogP contribution >= 0.6 is 23.2 Å². The van der Waals surface area contributed by atoms with Crippen molar-refractivity contribution in [2.24, 2.45) is 0 Å². The molecule has 0 radical (unpaired) electrons. The van der Waals surface area contributed by atoms with Gasteiger partial charge in [0.05, 0.1) is 16.8 Å². The summed E-state index contributed by atoms with van der Waals surface area (Å²) in [7, 11) is 0. The van der Waals surface area contributed by atoms with Gasteiger partial charge < -0.3 is 10.6 Å². The van der Waals surface area contributed by atoms with E-state index in [0.717, 1.165) is 0 Å². The Balaban J connectivity index is 1.89. The quantitative estimate of drug-likeness (QED) is 0.814. The zero-order valence-electron chi connectivity index (χ0n) is 12.4. The van der Waals surface area contributed by atoms with E-state index in [9.17, 15) is 4.79 Å². The number of halogens is 2. The van der Waals surface area contributed by atoms with Gasteiger partial charge in [0, 0.05) is 5.02 Å². The van der Waals surface area contributed by atoms with Gasteiger partial charge in [-0.1, -0.05) is 36.0 Å². The van der Waals surface area contributed by atoms with E-state index in [4.69, 9.17) is 23.2 Å². The largest absolute Gasteiger partial charge is 0.334 e. The lowest BCUT2D eigenvalue weighted by Gasteiger charge is -2.18. The molecule has 1 aliphatic rings. The van der Waals surface area contributed by atoms with Crippen molar-refractivity contribution in [1.82, 2.24) is 0 Å². The molecule has 0 aromatic heterocycles. The fourth-order valence-electron chi connectivity index (χ4n) is 2.84. The minimum atomic E-state index is -0.111. The third-order valence-corrected chi connectivity index (χ3v) is 4.61. The number of amides is 1. The van der Waals surface area contributed by atoms with E-state index in [2.05, 4.69) is 10.6 Å². The smallest absolute Gasteiger partial charge is 0.282 e. The zero-order chi connectivity index (χ0) is 15.2. The third-order valence-electron chi connectivity index (χ3n) is 4.06. The average molecular weight is 330 g/mol. The molecule has 0 aliphatic heterocycles.